The molecule has 9 nitrogen and oxygen atoms in total. The van der Waals surface area contributed by atoms with Crippen LogP contribution < -0.4 is 10.6 Å². The van der Waals surface area contributed by atoms with Crippen molar-refractivity contribution in [2.24, 2.45) is 11.8 Å². The van der Waals surface area contributed by atoms with Crippen LogP contribution in [-0.4, -0.2) is 81.4 Å². The summed E-state index contributed by atoms with van der Waals surface area (Å²) in [6, 6.07) is 6.79. The maximum Gasteiger partial charge on any atom is 0.243 e. The lowest BCUT2D eigenvalue weighted by atomic mass is 9.95. The van der Waals surface area contributed by atoms with E-state index in [1.54, 1.807) is 24.3 Å². The fraction of sp³-hybridized carbons (Fsp3) is 0.667. The van der Waals surface area contributed by atoms with E-state index in [1.165, 1.54) is 4.31 Å². The van der Waals surface area contributed by atoms with E-state index in [2.05, 4.69) is 29.4 Å². The van der Waals surface area contributed by atoms with Gasteiger partial charge < -0.3 is 15.4 Å². The van der Waals surface area contributed by atoms with Crippen LogP contribution in [0.4, 0.5) is 0 Å². The maximum atomic E-state index is 12.7. The molecule has 0 aromatic heterocycles. The summed E-state index contributed by atoms with van der Waals surface area (Å²) in [5.74, 6) is 0.441. The first-order chi connectivity index (χ1) is 16.2. The van der Waals surface area contributed by atoms with E-state index in [-0.39, 0.29) is 28.7 Å². The summed E-state index contributed by atoms with van der Waals surface area (Å²) in [4.78, 5) is 27.2. The minimum atomic E-state index is -3.52. The molecule has 1 aromatic carbocycles. The fourth-order valence-corrected chi connectivity index (χ4v) is 5.45. The van der Waals surface area contributed by atoms with Gasteiger partial charge in [0.25, 0.3) is 0 Å². The molecule has 2 saturated heterocycles. The molecular weight excluding hydrogens is 456 g/mol. The molecule has 0 aliphatic carbocycles. The quantitative estimate of drug-likeness (QED) is 0.534. The lowest BCUT2D eigenvalue weighted by Crippen LogP contribution is -2.46. The van der Waals surface area contributed by atoms with E-state index < -0.39 is 10.0 Å². The van der Waals surface area contributed by atoms with Crippen LogP contribution in [0.1, 0.15) is 39.2 Å². The second-order valence-electron chi connectivity index (χ2n) is 9.53. The third-order valence-electron chi connectivity index (χ3n) is 6.72. The second kappa shape index (κ2) is 12.1. The Labute approximate surface area is 203 Å². The summed E-state index contributed by atoms with van der Waals surface area (Å²) in [7, 11) is -3.52. The van der Waals surface area contributed by atoms with E-state index in [0.29, 0.717) is 45.3 Å². The summed E-state index contributed by atoms with van der Waals surface area (Å²) in [6.45, 7) is 9.81. The molecule has 2 aliphatic rings. The largest absolute Gasteiger partial charge is 0.379 e. The highest BCUT2D eigenvalue weighted by Gasteiger charge is 2.28. The van der Waals surface area contributed by atoms with Crippen LogP contribution in [0, 0.1) is 11.8 Å². The molecule has 190 valence electrons. The second-order valence-corrected chi connectivity index (χ2v) is 11.5. The van der Waals surface area contributed by atoms with Gasteiger partial charge in [-0.15, -0.1) is 0 Å². The van der Waals surface area contributed by atoms with Gasteiger partial charge in [-0.1, -0.05) is 26.0 Å². The number of amides is 2. The lowest BCUT2D eigenvalue weighted by molar-refractivity contribution is -0.127. The van der Waals surface area contributed by atoms with E-state index in [1.807, 2.05) is 6.92 Å². The normalized spacial score (nSPS) is 19.6. The van der Waals surface area contributed by atoms with Gasteiger partial charge in [-0.3, -0.25) is 14.5 Å². The first kappa shape index (κ1) is 26.6. The summed E-state index contributed by atoms with van der Waals surface area (Å²) >= 11 is 0. The van der Waals surface area contributed by atoms with Crippen molar-refractivity contribution >= 4 is 21.8 Å². The molecule has 0 radical (unpaired) electrons. The van der Waals surface area contributed by atoms with Gasteiger partial charge in [0.05, 0.1) is 24.7 Å². The molecule has 3 rings (SSSR count). The molecule has 0 spiro atoms. The number of piperidine rings is 1. The molecule has 2 aliphatic heterocycles. The Morgan fingerprint density at radius 2 is 1.65 bits per heavy atom. The van der Waals surface area contributed by atoms with Crippen molar-refractivity contribution in [3.63, 3.8) is 0 Å². The van der Waals surface area contributed by atoms with Gasteiger partial charge in [0.15, 0.2) is 0 Å². The molecule has 2 heterocycles. The third kappa shape index (κ3) is 7.24. The number of carbonyl (C=O) groups is 2. The topological polar surface area (TPSA) is 108 Å². The summed E-state index contributed by atoms with van der Waals surface area (Å²) in [5, 5.41) is 6.00. The van der Waals surface area contributed by atoms with Crippen LogP contribution in [0.2, 0.25) is 0 Å². The standard InChI is InChI=1S/C24H38N4O5S/c1-18(2)19(3)26-24(30)21-8-10-27(11-9-21)17-23(29)25-16-20-4-6-22(7-5-20)34(31,32)28-12-14-33-15-13-28/h4-7,18-19,21H,8-17H2,1-3H3,(H,25,29)(H,26,30). The van der Waals surface area contributed by atoms with Crippen LogP contribution in [0.3, 0.4) is 0 Å². The molecule has 1 aromatic rings. The van der Waals surface area contributed by atoms with Crippen molar-refractivity contribution in [2.75, 3.05) is 45.9 Å². The predicted molar refractivity (Wildman–Crippen MR) is 129 cm³/mol. The highest BCUT2D eigenvalue weighted by molar-refractivity contribution is 7.89. The molecule has 2 fully saturated rings. The number of morpholine rings is 1. The van der Waals surface area contributed by atoms with E-state index in [4.69, 9.17) is 4.74 Å². The Kier molecular flexibility index (Phi) is 9.47. The highest BCUT2D eigenvalue weighted by Crippen LogP contribution is 2.19. The molecule has 2 amide bonds. The predicted octanol–water partition coefficient (Wildman–Crippen LogP) is 1.20. The van der Waals surface area contributed by atoms with E-state index in [9.17, 15) is 18.0 Å². The van der Waals surface area contributed by atoms with Gasteiger partial charge in [0.2, 0.25) is 21.8 Å². The molecule has 2 N–H and O–H groups in total. The molecule has 1 atom stereocenters. The number of nitrogens with one attached hydrogen (secondary N) is 2. The molecule has 1 unspecified atom stereocenters. The zero-order valence-corrected chi connectivity index (χ0v) is 21.3. The van der Waals surface area contributed by atoms with Crippen molar-refractivity contribution < 1.29 is 22.7 Å². The Morgan fingerprint density at radius 1 is 1.03 bits per heavy atom. The summed E-state index contributed by atoms with van der Waals surface area (Å²) in [5.41, 5.74) is 0.837. The third-order valence-corrected chi connectivity index (χ3v) is 8.63. The van der Waals surface area contributed by atoms with Gasteiger partial charge in [-0.2, -0.15) is 4.31 Å². The van der Waals surface area contributed by atoms with Gasteiger partial charge in [0.1, 0.15) is 0 Å². The first-order valence-electron chi connectivity index (χ1n) is 12.1. The molecule has 10 heteroatoms. The van der Waals surface area contributed by atoms with Crippen molar-refractivity contribution in [3.05, 3.63) is 29.8 Å². The molecular formula is C24H38N4O5S. The number of carbonyl (C=O) groups excluding carboxylic acids is 2. The number of hydrogen-bond acceptors (Lipinski definition) is 6. The fourth-order valence-electron chi connectivity index (χ4n) is 4.04. The molecule has 0 bridgehead atoms. The van der Waals surface area contributed by atoms with Gasteiger partial charge >= 0.3 is 0 Å². The average molecular weight is 495 g/mol. The number of rotatable bonds is 9. The number of likely N-dealkylation sites (tertiary alicyclic amines) is 1. The number of benzene rings is 1. The number of hydrogen-bond donors (Lipinski definition) is 2. The minimum absolute atomic E-state index is 0.00719. The Bertz CT molecular complexity index is 921. The van der Waals surface area contributed by atoms with Crippen LogP contribution in [-0.2, 0) is 30.9 Å². The zero-order valence-electron chi connectivity index (χ0n) is 20.5. The molecule has 34 heavy (non-hydrogen) atoms. The number of ether oxygens (including phenoxy) is 1. The highest BCUT2D eigenvalue weighted by atomic mass is 32.2. The van der Waals surface area contributed by atoms with Gasteiger partial charge in [0, 0.05) is 31.6 Å². The monoisotopic (exact) mass is 494 g/mol. The van der Waals surface area contributed by atoms with Crippen LogP contribution in [0.15, 0.2) is 29.2 Å². The van der Waals surface area contributed by atoms with Crippen LogP contribution in [0.5, 0.6) is 0 Å². The minimum Gasteiger partial charge on any atom is -0.379 e. The first-order valence-corrected chi connectivity index (χ1v) is 13.6. The van der Waals surface area contributed by atoms with Gasteiger partial charge in [-0.25, -0.2) is 8.42 Å². The van der Waals surface area contributed by atoms with Crippen molar-refractivity contribution in [3.8, 4) is 0 Å². The zero-order chi connectivity index (χ0) is 24.7. The van der Waals surface area contributed by atoms with Gasteiger partial charge in [-0.05, 0) is 56.5 Å². The number of sulfonamides is 1. The van der Waals surface area contributed by atoms with Crippen molar-refractivity contribution in [1.29, 1.82) is 0 Å². The Morgan fingerprint density at radius 3 is 2.24 bits per heavy atom. The summed E-state index contributed by atoms with van der Waals surface area (Å²) < 4.78 is 32.1. The van der Waals surface area contributed by atoms with Crippen LogP contribution in [0.25, 0.3) is 0 Å². The Hall–Kier alpha value is -2.01. The molecule has 0 saturated carbocycles. The lowest BCUT2D eigenvalue weighted by Gasteiger charge is -2.31. The SMILES string of the molecule is CC(C)C(C)NC(=O)C1CCN(CC(=O)NCc2ccc(S(=O)(=O)N3CCOCC3)cc2)CC1. The Balaban J connectivity index is 1.40. The van der Waals surface area contributed by atoms with Crippen molar-refractivity contribution in [2.45, 2.75) is 51.1 Å². The van der Waals surface area contributed by atoms with Crippen LogP contribution >= 0.6 is 0 Å². The average Bonchev–Trinajstić information content (AvgIpc) is 2.84. The number of nitrogens with zero attached hydrogens (tertiary/aromatic N) is 2. The smallest absolute Gasteiger partial charge is 0.243 e. The van der Waals surface area contributed by atoms with E-state index in [0.717, 1.165) is 31.5 Å². The summed E-state index contributed by atoms with van der Waals surface area (Å²) in [6.07, 6.45) is 1.51. The van der Waals surface area contributed by atoms with Crippen molar-refractivity contribution in [1.82, 2.24) is 19.8 Å². The maximum absolute atomic E-state index is 12.7. The van der Waals surface area contributed by atoms with E-state index >= 15 is 0 Å².